The van der Waals surface area contributed by atoms with E-state index in [1.165, 1.54) is 29.3 Å². The molecular formula is C19H25N5O4. The van der Waals surface area contributed by atoms with Gasteiger partial charge < -0.3 is 0 Å². The Morgan fingerprint density at radius 3 is 1.96 bits per heavy atom. The van der Waals surface area contributed by atoms with Gasteiger partial charge in [0.05, 0.1) is 10.9 Å². The summed E-state index contributed by atoms with van der Waals surface area (Å²) in [5, 5.41) is 0.226. The molecule has 9 nitrogen and oxygen atoms in total. The first-order chi connectivity index (χ1) is 13.3. The minimum absolute atomic E-state index is 0.0867. The minimum atomic E-state index is -0.537. The molecule has 0 bridgehead atoms. The summed E-state index contributed by atoms with van der Waals surface area (Å²) in [6.45, 7) is 4.82. The molecule has 3 rings (SSSR count). The van der Waals surface area contributed by atoms with Gasteiger partial charge in [0.2, 0.25) is 0 Å². The van der Waals surface area contributed by atoms with E-state index in [0.717, 1.165) is 34.8 Å². The van der Waals surface area contributed by atoms with Crippen LogP contribution >= 0.6 is 0 Å². The number of fused-ring (bicyclic) bond motifs is 2. The molecule has 3 aromatic heterocycles. The first kappa shape index (κ1) is 19.8. The third kappa shape index (κ3) is 3.00. The summed E-state index contributed by atoms with van der Waals surface area (Å²) in [5.41, 5.74) is -1.33. The monoisotopic (exact) mass is 387 g/mol. The van der Waals surface area contributed by atoms with Crippen LogP contribution in [0.4, 0.5) is 0 Å². The highest BCUT2D eigenvalue weighted by molar-refractivity contribution is 5.88. The number of rotatable bonds is 6. The van der Waals surface area contributed by atoms with Gasteiger partial charge in [0.15, 0.2) is 11.2 Å². The van der Waals surface area contributed by atoms with Gasteiger partial charge in [-0.1, -0.05) is 26.7 Å². The Morgan fingerprint density at radius 1 is 0.821 bits per heavy atom. The molecular weight excluding hydrogens is 362 g/mol. The van der Waals surface area contributed by atoms with Gasteiger partial charge in [-0.2, -0.15) is 0 Å². The summed E-state index contributed by atoms with van der Waals surface area (Å²) >= 11 is 0. The maximum atomic E-state index is 12.7. The second-order valence-corrected chi connectivity index (χ2v) is 7.03. The van der Waals surface area contributed by atoms with Gasteiger partial charge in [-0.3, -0.25) is 27.9 Å². The van der Waals surface area contributed by atoms with E-state index in [2.05, 4.69) is 4.98 Å². The van der Waals surface area contributed by atoms with E-state index in [9.17, 15) is 19.2 Å². The highest BCUT2D eigenvalue weighted by Crippen LogP contribution is 2.14. The number of unbranched alkanes of at least 4 members (excludes halogenated alkanes) is 2. The Labute approximate surface area is 160 Å². The summed E-state index contributed by atoms with van der Waals surface area (Å²) in [6, 6.07) is 1.53. The normalized spacial score (nSPS) is 11.6. The molecule has 0 fully saturated rings. The van der Waals surface area contributed by atoms with Crippen molar-refractivity contribution in [3.05, 3.63) is 47.7 Å². The van der Waals surface area contributed by atoms with Crippen molar-refractivity contribution in [1.29, 1.82) is 0 Å². The summed E-state index contributed by atoms with van der Waals surface area (Å²) in [5.74, 6) is 0. The number of pyridine rings is 1. The van der Waals surface area contributed by atoms with Gasteiger partial charge in [-0.25, -0.2) is 14.6 Å². The van der Waals surface area contributed by atoms with Crippen LogP contribution in [0.1, 0.15) is 39.5 Å². The van der Waals surface area contributed by atoms with Crippen molar-refractivity contribution in [2.75, 3.05) is 0 Å². The standard InChI is InChI=1S/C19H25N5O4/c1-5-7-9-23-13-11-12-15(20-14(13)17(26)22(4)18(23)27)24(10-8-6-2)19(28)21(3)16(12)25/h11H,5-10H2,1-4H3. The van der Waals surface area contributed by atoms with Crippen molar-refractivity contribution in [3.63, 3.8) is 0 Å². The summed E-state index contributed by atoms with van der Waals surface area (Å²) < 4.78 is 4.97. The van der Waals surface area contributed by atoms with E-state index in [-0.39, 0.29) is 16.6 Å². The average Bonchev–Trinajstić information content (AvgIpc) is 2.70. The van der Waals surface area contributed by atoms with E-state index in [0.29, 0.717) is 18.6 Å². The number of aryl methyl sites for hydroxylation is 2. The van der Waals surface area contributed by atoms with Crippen molar-refractivity contribution in [3.8, 4) is 0 Å². The third-order valence-corrected chi connectivity index (χ3v) is 5.08. The largest absolute Gasteiger partial charge is 0.332 e. The van der Waals surface area contributed by atoms with Gasteiger partial charge in [-0.05, 0) is 18.9 Å². The minimum Gasteiger partial charge on any atom is -0.292 e. The Kier molecular flexibility index (Phi) is 5.35. The Balaban J connectivity index is 2.53. The molecule has 0 spiro atoms. The topological polar surface area (TPSA) is 101 Å². The fourth-order valence-corrected chi connectivity index (χ4v) is 3.34. The molecule has 28 heavy (non-hydrogen) atoms. The number of hydrogen-bond donors (Lipinski definition) is 0. The fourth-order valence-electron chi connectivity index (χ4n) is 3.34. The first-order valence-corrected chi connectivity index (χ1v) is 9.57. The summed E-state index contributed by atoms with van der Waals surface area (Å²) in [7, 11) is 2.83. The van der Waals surface area contributed by atoms with Gasteiger partial charge in [-0.15, -0.1) is 0 Å². The SMILES string of the molecule is CCCCn1c(=O)n(C)c(=O)c2nc3c(cc21)c(=O)n(C)c(=O)n3CCCC. The van der Waals surface area contributed by atoms with Crippen molar-refractivity contribution in [2.45, 2.75) is 52.6 Å². The number of aromatic nitrogens is 5. The van der Waals surface area contributed by atoms with Crippen LogP contribution < -0.4 is 22.5 Å². The molecule has 0 saturated carbocycles. The molecule has 9 heteroatoms. The molecule has 0 aliphatic heterocycles. The van der Waals surface area contributed by atoms with Gasteiger partial charge in [0.1, 0.15) is 0 Å². The molecule has 3 aromatic rings. The maximum Gasteiger partial charge on any atom is 0.332 e. The predicted octanol–water partition coefficient (Wildman–Crippen LogP) is 0.709. The van der Waals surface area contributed by atoms with Crippen LogP contribution in [0.25, 0.3) is 22.1 Å². The quantitative estimate of drug-likeness (QED) is 0.580. The van der Waals surface area contributed by atoms with E-state index < -0.39 is 22.5 Å². The average molecular weight is 387 g/mol. The molecule has 0 aromatic carbocycles. The van der Waals surface area contributed by atoms with Crippen LogP contribution in [0.2, 0.25) is 0 Å². The van der Waals surface area contributed by atoms with E-state index in [1.54, 1.807) is 0 Å². The molecule has 150 valence electrons. The lowest BCUT2D eigenvalue weighted by Gasteiger charge is -2.14. The Hall–Kier alpha value is -2.97. The molecule has 0 saturated heterocycles. The van der Waals surface area contributed by atoms with Crippen LogP contribution in [-0.4, -0.2) is 23.3 Å². The summed E-state index contributed by atoms with van der Waals surface area (Å²) in [6.07, 6.45) is 3.22. The fraction of sp³-hybridized carbons (Fsp3) is 0.526. The lowest BCUT2D eigenvalue weighted by Crippen LogP contribution is -2.41. The number of hydrogen-bond acceptors (Lipinski definition) is 5. The zero-order valence-electron chi connectivity index (χ0n) is 16.7. The molecule has 0 aliphatic carbocycles. The number of nitrogens with zero attached hydrogens (tertiary/aromatic N) is 5. The lowest BCUT2D eigenvalue weighted by atomic mass is 10.2. The molecule has 0 atom stereocenters. The Morgan fingerprint density at radius 2 is 1.36 bits per heavy atom. The smallest absolute Gasteiger partial charge is 0.292 e. The molecule has 0 unspecified atom stereocenters. The van der Waals surface area contributed by atoms with E-state index in [4.69, 9.17) is 0 Å². The van der Waals surface area contributed by atoms with Crippen molar-refractivity contribution in [2.24, 2.45) is 14.1 Å². The lowest BCUT2D eigenvalue weighted by molar-refractivity contribution is 0.579. The van der Waals surface area contributed by atoms with E-state index in [1.807, 2.05) is 13.8 Å². The van der Waals surface area contributed by atoms with Crippen LogP contribution in [0.3, 0.4) is 0 Å². The summed E-state index contributed by atoms with van der Waals surface area (Å²) in [4.78, 5) is 55.1. The van der Waals surface area contributed by atoms with Crippen LogP contribution in [0, 0.1) is 0 Å². The van der Waals surface area contributed by atoms with Gasteiger partial charge in [0.25, 0.3) is 11.1 Å². The zero-order chi connectivity index (χ0) is 20.6. The molecule has 3 heterocycles. The maximum absolute atomic E-state index is 12.7. The first-order valence-electron chi connectivity index (χ1n) is 9.57. The van der Waals surface area contributed by atoms with Crippen LogP contribution in [0.15, 0.2) is 25.2 Å². The second-order valence-electron chi connectivity index (χ2n) is 7.03. The van der Waals surface area contributed by atoms with Crippen LogP contribution in [0.5, 0.6) is 0 Å². The third-order valence-electron chi connectivity index (χ3n) is 5.08. The van der Waals surface area contributed by atoms with Gasteiger partial charge >= 0.3 is 11.4 Å². The molecule has 0 aliphatic rings. The molecule has 0 amide bonds. The van der Waals surface area contributed by atoms with Crippen molar-refractivity contribution < 1.29 is 0 Å². The van der Waals surface area contributed by atoms with Crippen molar-refractivity contribution in [1.82, 2.24) is 23.3 Å². The van der Waals surface area contributed by atoms with Crippen molar-refractivity contribution >= 4 is 22.1 Å². The molecule has 0 N–H and O–H groups in total. The highest BCUT2D eigenvalue weighted by atomic mass is 16.2. The molecule has 0 radical (unpaired) electrons. The predicted molar refractivity (Wildman–Crippen MR) is 108 cm³/mol. The van der Waals surface area contributed by atoms with Gasteiger partial charge in [0, 0.05) is 27.2 Å². The van der Waals surface area contributed by atoms with Crippen LogP contribution in [-0.2, 0) is 27.2 Å². The Bertz CT molecular complexity index is 1190. The zero-order valence-corrected chi connectivity index (χ0v) is 16.7. The van der Waals surface area contributed by atoms with E-state index >= 15 is 0 Å². The second kappa shape index (κ2) is 7.57. The highest BCUT2D eigenvalue weighted by Gasteiger charge is 2.18.